The summed E-state index contributed by atoms with van der Waals surface area (Å²) in [7, 11) is -3.61. The van der Waals surface area contributed by atoms with Gasteiger partial charge in [0, 0.05) is 18.8 Å². The van der Waals surface area contributed by atoms with Crippen molar-refractivity contribution < 1.29 is 22.7 Å². The van der Waals surface area contributed by atoms with Gasteiger partial charge >= 0.3 is 5.97 Å². The molecule has 2 aromatic rings. The topological polar surface area (TPSA) is 105 Å². The highest BCUT2D eigenvalue weighted by Gasteiger charge is 2.22. The van der Waals surface area contributed by atoms with Gasteiger partial charge in [-0.15, -0.1) is 0 Å². The largest absolute Gasteiger partial charge is 0.462 e. The van der Waals surface area contributed by atoms with Crippen LogP contribution in [0.1, 0.15) is 36.7 Å². The zero-order chi connectivity index (χ0) is 23.0. The zero-order valence-corrected chi connectivity index (χ0v) is 19.1. The molecule has 0 saturated carbocycles. The Morgan fingerprint density at radius 3 is 2.32 bits per heavy atom. The smallest absolute Gasteiger partial charge is 0.340 e. The molecule has 0 fully saturated rings. The van der Waals surface area contributed by atoms with Gasteiger partial charge in [-0.25, -0.2) is 13.2 Å². The number of anilines is 2. The molecule has 0 spiro atoms. The number of carbonyl (C=O) groups is 2. The predicted molar refractivity (Wildman–Crippen MR) is 121 cm³/mol. The summed E-state index contributed by atoms with van der Waals surface area (Å²) in [5, 5.41) is 5.68. The Hall–Kier alpha value is -2.91. The second-order valence-electron chi connectivity index (χ2n) is 6.73. The van der Waals surface area contributed by atoms with Gasteiger partial charge in [0.2, 0.25) is 15.9 Å². The number of carbonyl (C=O) groups excluding carboxylic acids is 2. The predicted octanol–water partition coefficient (Wildman–Crippen LogP) is 3.25. The van der Waals surface area contributed by atoms with Crippen molar-refractivity contribution in [2.75, 3.05) is 36.9 Å². The van der Waals surface area contributed by atoms with E-state index in [4.69, 9.17) is 4.74 Å². The third kappa shape index (κ3) is 6.05. The molecule has 0 aliphatic heterocycles. The highest BCUT2D eigenvalue weighted by atomic mass is 32.2. The molecule has 9 heteroatoms. The van der Waals surface area contributed by atoms with Gasteiger partial charge in [0.1, 0.15) is 0 Å². The van der Waals surface area contributed by atoms with Crippen molar-refractivity contribution in [3.05, 3.63) is 53.6 Å². The number of nitrogens with one attached hydrogen (secondary N) is 2. The number of nitrogens with zero attached hydrogens (tertiary/aromatic N) is 1. The molecule has 0 aliphatic rings. The highest BCUT2D eigenvalue weighted by Crippen LogP contribution is 2.23. The molecule has 0 radical (unpaired) electrons. The number of rotatable bonds is 10. The van der Waals surface area contributed by atoms with E-state index >= 15 is 0 Å². The number of sulfonamides is 1. The summed E-state index contributed by atoms with van der Waals surface area (Å²) < 4.78 is 31.9. The Labute approximate surface area is 183 Å². The number of benzene rings is 2. The fourth-order valence-corrected chi connectivity index (χ4v) is 4.50. The van der Waals surface area contributed by atoms with E-state index in [1.165, 1.54) is 10.4 Å². The quantitative estimate of drug-likeness (QED) is 0.542. The summed E-state index contributed by atoms with van der Waals surface area (Å²) in [6, 6.07) is 11.4. The average molecular weight is 448 g/mol. The van der Waals surface area contributed by atoms with Gasteiger partial charge in [-0.3, -0.25) is 4.79 Å². The van der Waals surface area contributed by atoms with Crippen LogP contribution in [0.25, 0.3) is 0 Å². The Kier molecular flexibility index (Phi) is 8.58. The molecule has 168 valence electrons. The lowest BCUT2D eigenvalue weighted by atomic mass is 10.1. The Morgan fingerprint density at radius 2 is 1.68 bits per heavy atom. The van der Waals surface area contributed by atoms with Gasteiger partial charge in [0.05, 0.1) is 29.3 Å². The Bertz CT molecular complexity index is 1030. The lowest BCUT2D eigenvalue weighted by Gasteiger charge is -2.19. The van der Waals surface area contributed by atoms with Crippen molar-refractivity contribution in [3.8, 4) is 0 Å². The zero-order valence-electron chi connectivity index (χ0n) is 18.3. The van der Waals surface area contributed by atoms with Crippen molar-refractivity contribution in [3.63, 3.8) is 0 Å². The minimum Gasteiger partial charge on any atom is -0.462 e. The first-order chi connectivity index (χ1) is 14.7. The third-order valence-electron chi connectivity index (χ3n) is 4.69. The first-order valence-electron chi connectivity index (χ1n) is 10.1. The van der Waals surface area contributed by atoms with Crippen LogP contribution in [-0.2, 0) is 19.6 Å². The second kappa shape index (κ2) is 10.9. The molecule has 0 aliphatic carbocycles. The first-order valence-corrected chi connectivity index (χ1v) is 11.6. The van der Waals surface area contributed by atoms with E-state index in [9.17, 15) is 18.0 Å². The van der Waals surface area contributed by atoms with Crippen molar-refractivity contribution in [2.45, 2.75) is 32.6 Å². The molecule has 2 rings (SSSR count). The van der Waals surface area contributed by atoms with Crippen LogP contribution in [0.3, 0.4) is 0 Å². The molecule has 0 aromatic heterocycles. The van der Waals surface area contributed by atoms with Crippen molar-refractivity contribution in [2.24, 2.45) is 0 Å². The molecule has 0 atom stereocenters. The van der Waals surface area contributed by atoms with E-state index in [-0.39, 0.29) is 29.5 Å². The van der Waals surface area contributed by atoms with Gasteiger partial charge in [0.25, 0.3) is 0 Å². The van der Waals surface area contributed by atoms with Crippen LogP contribution in [0.5, 0.6) is 0 Å². The molecule has 2 N–H and O–H groups in total. The molecule has 31 heavy (non-hydrogen) atoms. The second-order valence-corrected chi connectivity index (χ2v) is 8.67. The van der Waals surface area contributed by atoms with E-state index in [2.05, 4.69) is 10.6 Å². The maximum Gasteiger partial charge on any atom is 0.340 e. The highest BCUT2D eigenvalue weighted by molar-refractivity contribution is 7.89. The summed E-state index contributed by atoms with van der Waals surface area (Å²) in [6.45, 7) is 7.97. The normalized spacial score (nSPS) is 11.3. The summed E-state index contributed by atoms with van der Waals surface area (Å²) in [5.41, 5.74) is 1.96. The van der Waals surface area contributed by atoms with Gasteiger partial charge in [-0.2, -0.15) is 4.31 Å². The van der Waals surface area contributed by atoms with E-state index in [1.54, 1.807) is 57.2 Å². The maximum absolute atomic E-state index is 12.8. The minimum atomic E-state index is -3.61. The van der Waals surface area contributed by atoms with Crippen LogP contribution in [0.2, 0.25) is 0 Å². The molecule has 0 bridgehead atoms. The van der Waals surface area contributed by atoms with Crippen LogP contribution in [0, 0.1) is 6.92 Å². The first kappa shape index (κ1) is 24.4. The van der Waals surface area contributed by atoms with Crippen molar-refractivity contribution in [1.82, 2.24) is 4.31 Å². The number of ether oxygens (including phenoxy) is 1. The van der Waals surface area contributed by atoms with E-state index in [1.807, 2.05) is 6.92 Å². The molecule has 1 amide bonds. The lowest BCUT2D eigenvalue weighted by Crippen LogP contribution is -2.30. The summed E-state index contributed by atoms with van der Waals surface area (Å²) >= 11 is 0. The third-order valence-corrected chi connectivity index (χ3v) is 6.73. The van der Waals surface area contributed by atoms with Crippen molar-refractivity contribution in [1.29, 1.82) is 0 Å². The molecule has 0 heterocycles. The molecular formula is C22H29N3O5S. The number of hydrogen-bond donors (Lipinski definition) is 2. The summed E-state index contributed by atoms with van der Waals surface area (Å²) in [5.74, 6) is -0.898. The van der Waals surface area contributed by atoms with Gasteiger partial charge in [0.15, 0.2) is 0 Å². The average Bonchev–Trinajstić information content (AvgIpc) is 2.74. The fraction of sp³-hybridized carbons (Fsp3) is 0.364. The van der Waals surface area contributed by atoms with Crippen LogP contribution < -0.4 is 10.6 Å². The molecule has 0 unspecified atom stereocenters. The standard InChI is InChI=1S/C22H29N3O5S/c1-5-25(6-2)31(28,29)17-13-12-16(4)20(14-17)23-15-21(26)24-19-11-9-8-10-18(19)22(27)30-7-3/h8-14,23H,5-7,15H2,1-4H3,(H,24,26). The Balaban J connectivity index is 2.14. The molecular weight excluding hydrogens is 418 g/mol. The van der Waals surface area contributed by atoms with Gasteiger partial charge in [-0.05, 0) is 43.7 Å². The molecule has 2 aromatic carbocycles. The van der Waals surface area contributed by atoms with Crippen LogP contribution >= 0.6 is 0 Å². The van der Waals surface area contributed by atoms with E-state index in [0.29, 0.717) is 24.5 Å². The summed E-state index contributed by atoms with van der Waals surface area (Å²) in [4.78, 5) is 24.7. The number of para-hydroxylation sites is 1. The number of hydrogen-bond acceptors (Lipinski definition) is 6. The number of amides is 1. The number of aryl methyl sites for hydroxylation is 1. The monoisotopic (exact) mass is 447 g/mol. The van der Waals surface area contributed by atoms with Crippen molar-refractivity contribution >= 4 is 33.3 Å². The van der Waals surface area contributed by atoms with Crippen LogP contribution in [0.4, 0.5) is 11.4 Å². The fourth-order valence-electron chi connectivity index (χ4n) is 3.01. The lowest BCUT2D eigenvalue weighted by molar-refractivity contribution is -0.114. The number of esters is 1. The van der Waals surface area contributed by atoms with Crippen LogP contribution in [0.15, 0.2) is 47.4 Å². The molecule has 0 saturated heterocycles. The van der Waals surface area contributed by atoms with Crippen LogP contribution in [-0.4, -0.2) is 50.8 Å². The van der Waals surface area contributed by atoms with E-state index in [0.717, 1.165) is 5.56 Å². The SMILES string of the molecule is CCOC(=O)c1ccccc1NC(=O)CNc1cc(S(=O)(=O)N(CC)CC)ccc1C. The van der Waals surface area contributed by atoms with Gasteiger partial charge in [-0.1, -0.05) is 32.0 Å². The summed E-state index contributed by atoms with van der Waals surface area (Å²) in [6.07, 6.45) is 0. The van der Waals surface area contributed by atoms with Gasteiger partial charge < -0.3 is 15.4 Å². The molecule has 8 nitrogen and oxygen atoms in total. The maximum atomic E-state index is 12.8. The minimum absolute atomic E-state index is 0.104. The Morgan fingerprint density at radius 1 is 1.00 bits per heavy atom. The van der Waals surface area contributed by atoms with E-state index < -0.39 is 16.0 Å².